The van der Waals surface area contributed by atoms with E-state index in [1.807, 2.05) is 25.1 Å². The molecule has 2 rings (SSSR count). The summed E-state index contributed by atoms with van der Waals surface area (Å²) < 4.78 is 0.939. The lowest BCUT2D eigenvalue weighted by molar-refractivity contribution is 0.102. The van der Waals surface area contributed by atoms with Crippen molar-refractivity contribution in [3.05, 3.63) is 52.3 Å². The van der Waals surface area contributed by atoms with E-state index in [9.17, 15) is 4.79 Å². The van der Waals surface area contributed by atoms with Crippen molar-refractivity contribution in [3.8, 4) is 0 Å². The molecule has 0 aliphatic carbocycles. The minimum absolute atomic E-state index is 0.233. The number of pyridine rings is 1. The Kier molecular flexibility index (Phi) is 3.62. The number of nitrogens with one attached hydrogen (secondary N) is 1. The first-order valence-corrected chi connectivity index (χ1v) is 6.16. The van der Waals surface area contributed by atoms with Gasteiger partial charge >= 0.3 is 0 Å². The van der Waals surface area contributed by atoms with Gasteiger partial charge in [-0.2, -0.15) is 0 Å². The fourth-order valence-corrected chi connectivity index (χ4v) is 1.90. The first-order valence-electron chi connectivity index (χ1n) is 5.36. The van der Waals surface area contributed by atoms with Crippen molar-refractivity contribution < 1.29 is 4.79 Å². The maximum atomic E-state index is 12.0. The summed E-state index contributed by atoms with van der Waals surface area (Å²) in [5.74, 6) is -0.311. The lowest BCUT2D eigenvalue weighted by Gasteiger charge is -2.10. The zero-order valence-corrected chi connectivity index (χ0v) is 11.4. The third-order valence-corrected chi connectivity index (χ3v) is 3.43. The minimum Gasteiger partial charge on any atom is -0.397 e. The zero-order valence-electron chi connectivity index (χ0n) is 9.77. The normalized spacial score (nSPS) is 10.1. The number of rotatable bonds is 2. The first kappa shape index (κ1) is 12.6. The number of nitrogens with zero attached hydrogens (tertiary/aromatic N) is 1. The summed E-state index contributed by atoms with van der Waals surface area (Å²) in [4.78, 5) is 16.0. The topological polar surface area (TPSA) is 68.0 Å². The third kappa shape index (κ3) is 2.51. The first-order chi connectivity index (χ1) is 8.59. The largest absolute Gasteiger partial charge is 0.397 e. The molecule has 2 aromatic rings. The maximum Gasteiger partial charge on any atom is 0.276 e. The van der Waals surface area contributed by atoms with Crippen LogP contribution in [-0.2, 0) is 0 Å². The van der Waals surface area contributed by atoms with Gasteiger partial charge in [-0.15, -0.1) is 0 Å². The molecule has 0 unspecified atom stereocenters. The van der Waals surface area contributed by atoms with Gasteiger partial charge < -0.3 is 11.1 Å². The molecule has 0 saturated heterocycles. The van der Waals surface area contributed by atoms with E-state index in [-0.39, 0.29) is 11.6 Å². The predicted octanol–water partition coefficient (Wildman–Crippen LogP) is 2.99. The van der Waals surface area contributed by atoms with Gasteiger partial charge in [0.05, 0.1) is 5.69 Å². The number of hydrogen-bond acceptors (Lipinski definition) is 3. The Hall–Kier alpha value is -1.88. The summed E-state index contributed by atoms with van der Waals surface area (Å²) in [5.41, 5.74) is 8.00. The quantitative estimate of drug-likeness (QED) is 0.896. The van der Waals surface area contributed by atoms with E-state index < -0.39 is 0 Å². The van der Waals surface area contributed by atoms with Gasteiger partial charge in [-0.05, 0) is 36.8 Å². The van der Waals surface area contributed by atoms with Crippen LogP contribution in [0.25, 0.3) is 0 Å². The monoisotopic (exact) mass is 305 g/mol. The molecule has 0 atom stereocenters. The van der Waals surface area contributed by atoms with Gasteiger partial charge in [0.25, 0.3) is 5.91 Å². The SMILES string of the molecule is Cc1c(Br)cccc1NC(=O)c1ncccc1N. The summed E-state index contributed by atoms with van der Waals surface area (Å²) in [6, 6.07) is 8.94. The zero-order chi connectivity index (χ0) is 13.1. The Morgan fingerprint density at radius 3 is 2.83 bits per heavy atom. The number of hydrogen-bond donors (Lipinski definition) is 2. The van der Waals surface area contributed by atoms with Crippen molar-refractivity contribution >= 4 is 33.2 Å². The molecular formula is C13H12BrN3O. The van der Waals surface area contributed by atoms with Crippen molar-refractivity contribution in [1.29, 1.82) is 0 Å². The number of nitrogen functional groups attached to an aromatic ring is 1. The van der Waals surface area contributed by atoms with Crippen LogP contribution in [0.2, 0.25) is 0 Å². The van der Waals surface area contributed by atoms with Crippen molar-refractivity contribution in [2.45, 2.75) is 6.92 Å². The number of aromatic nitrogens is 1. The molecule has 1 aromatic carbocycles. The van der Waals surface area contributed by atoms with Crippen molar-refractivity contribution in [2.24, 2.45) is 0 Å². The molecule has 0 spiro atoms. The standard InChI is InChI=1S/C13H12BrN3O/c1-8-9(14)4-2-6-11(8)17-13(18)12-10(15)5-3-7-16-12/h2-7H,15H2,1H3,(H,17,18). The Morgan fingerprint density at radius 2 is 2.11 bits per heavy atom. The molecular weight excluding hydrogens is 294 g/mol. The van der Waals surface area contributed by atoms with Crippen LogP contribution in [0, 0.1) is 6.92 Å². The van der Waals surface area contributed by atoms with Crippen LogP contribution in [-0.4, -0.2) is 10.9 Å². The minimum atomic E-state index is -0.311. The molecule has 92 valence electrons. The van der Waals surface area contributed by atoms with Crippen LogP contribution >= 0.6 is 15.9 Å². The molecule has 5 heteroatoms. The highest BCUT2D eigenvalue weighted by Crippen LogP contribution is 2.24. The highest BCUT2D eigenvalue weighted by molar-refractivity contribution is 9.10. The molecule has 1 heterocycles. The molecule has 4 nitrogen and oxygen atoms in total. The second kappa shape index (κ2) is 5.18. The summed E-state index contributed by atoms with van der Waals surface area (Å²) >= 11 is 3.42. The van der Waals surface area contributed by atoms with Gasteiger partial charge in [0.2, 0.25) is 0 Å². The highest BCUT2D eigenvalue weighted by Gasteiger charge is 2.12. The number of nitrogens with two attached hydrogens (primary N) is 1. The molecule has 0 aliphatic rings. The van der Waals surface area contributed by atoms with Crippen LogP contribution in [0.3, 0.4) is 0 Å². The molecule has 0 aliphatic heterocycles. The molecule has 1 amide bonds. The van der Waals surface area contributed by atoms with Gasteiger partial charge in [-0.25, -0.2) is 4.98 Å². The van der Waals surface area contributed by atoms with Crippen LogP contribution < -0.4 is 11.1 Å². The van der Waals surface area contributed by atoms with Crippen LogP contribution in [0.15, 0.2) is 41.0 Å². The molecule has 0 bridgehead atoms. The van der Waals surface area contributed by atoms with E-state index in [4.69, 9.17) is 5.73 Å². The number of carbonyl (C=O) groups is 1. The summed E-state index contributed by atoms with van der Waals surface area (Å²) in [7, 11) is 0. The predicted molar refractivity (Wildman–Crippen MR) is 75.5 cm³/mol. The maximum absolute atomic E-state index is 12.0. The van der Waals surface area contributed by atoms with Gasteiger partial charge in [0.15, 0.2) is 5.69 Å². The number of carbonyl (C=O) groups excluding carboxylic acids is 1. The van der Waals surface area contributed by atoms with Crippen LogP contribution in [0.1, 0.15) is 16.1 Å². The molecule has 0 fully saturated rings. The number of amides is 1. The summed E-state index contributed by atoms with van der Waals surface area (Å²) in [6.07, 6.45) is 1.54. The number of halogens is 1. The van der Waals surface area contributed by atoms with Crippen LogP contribution in [0.5, 0.6) is 0 Å². The third-order valence-electron chi connectivity index (χ3n) is 2.57. The fraction of sp³-hybridized carbons (Fsp3) is 0.0769. The Bertz CT molecular complexity index is 599. The summed E-state index contributed by atoms with van der Waals surface area (Å²) in [5, 5.41) is 2.80. The van der Waals surface area contributed by atoms with E-state index in [0.717, 1.165) is 15.7 Å². The van der Waals surface area contributed by atoms with Crippen molar-refractivity contribution in [1.82, 2.24) is 4.98 Å². The lowest BCUT2D eigenvalue weighted by atomic mass is 10.2. The summed E-state index contributed by atoms with van der Waals surface area (Å²) in [6.45, 7) is 1.92. The van der Waals surface area contributed by atoms with Gasteiger partial charge in [-0.3, -0.25) is 4.79 Å². The van der Waals surface area contributed by atoms with Gasteiger partial charge in [0, 0.05) is 16.4 Å². The lowest BCUT2D eigenvalue weighted by Crippen LogP contribution is -2.16. The smallest absolute Gasteiger partial charge is 0.276 e. The molecule has 0 saturated carbocycles. The average molecular weight is 306 g/mol. The van der Waals surface area contributed by atoms with Crippen molar-refractivity contribution in [2.75, 3.05) is 11.1 Å². The van der Waals surface area contributed by atoms with E-state index in [2.05, 4.69) is 26.2 Å². The molecule has 0 radical (unpaired) electrons. The van der Waals surface area contributed by atoms with Crippen molar-refractivity contribution in [3.63, 3.8) is 0 Å². The Labute approximate surface area is 113 Å². The Balaban J connectivity index is 2.27. The average Bonchev–Trinajstić information content (AvgIpc) is 2.35. The van der Waals surface area contributed by atoms with Gasteiger partial charge in [0.1, 0.15) is 0 Å². The Morgan fingerprint density at radius 1 is 1.33 bits per heavy atom. The van der Waals surface area contributed by atoms with E-state index in [1.165, 1.54) is 0 Å². The second-order valence-corrected chi connectivity index (χ2v) is 4.66. The van der Waals surface area contributed by atoms with Gasteiger partial charge in [-0.1, -0.05) is 22.0 Å². The van der Waals surface area contributed by atoms with E-state index in [1.54, 1.807) is 18.3 Å². The number of anilines is 2. The number of benzene rings is 1. The van der Waals surface area contributed by atoms with E-state index in [0.29, 0.717) is 5.69 Å². The van der Waals surface area contributed by atoms with Crippen LogP contribution in [0.4, 0.5) is 11.4 Å². The molecule has 1 aromatic heterocycles. The highest BCUT2D eigenvalue weighted by atomic mass is 79.9. The molecule has 18 heavy (non-hydrogen) atoms. The van der Waals surface area contributed by atoms with E-state index >= 15 is 0 Å². The fourth-order valence-electron chi connectivity index (χ4n) is 1.53. The molecule has 3 N–H and O–H groups in total. The second-order valence-electron chi connectivity index (χ2n) is 3.81.